The van der Waals surface area contributed by atoms with Gasteiger partial charge in [0.1, 0.15) is 6.26 Å². The third-order valence-corrected chi connectivity index (χ3v) is 4.75. The minimum absolute atomic E-state index is 0.132. The molecule has 27 heavy (non-hydrogen) atoms. The van der Waals surface area contributed by atoms with Crippen LogP contribution in [0.4, 0.5) is 13.2 Å². The molecule has 0 aliphatic rings. The van der Waals surface area contributed by atoms with Crippen LogP contribution < -0.4 is 4.74 Å². The van der Waals surface area contributed by atoms with Crippen LogP contribution in [0.3, 0.4) is 0 Å². The zero-order valence-electron chi connectivity index (χ0n) is 14.6. The van der Waals surface area contributed by atoms with Gasteiger partial charge in [0.25, 0.3) is 0 Å². The van der Waals surface area contributed by atoms with Crippen LogP contribution in [-0.4, -0.2) is 25.5 Å². The maximum absolute atomic E-state index is 12.3. The molecule has 0 saturated heterocycles. The lowest BCUT2D eigenvalue weighted by molar-refractivity contribution is -0.0515. The minimum atomic E-state index is -5.65. The number of benzene rings is 1. The second-order valence-corrected chi connectivity index (χ2v) is 7.44. The van der Waals surface area contributed by atoms with Gasteiger partial charge in [-0.1, -0.05) is 38.0 Å². The van der Waals surface area contributed by atoms with Gasteiger partial charge < -0.3 is 8.92 Å². The SMILES string of the molecule is CCCCC(C=COS(=O)(=O)C(F)(F)F)COc1nccc2ccccc12. The van der Waals surface area contributed by atoms with Crippen molar-refractivity contribution < 1.29 is 30.5 Å². The lowest BCUT2D eigenvalue weighted by Gasteiger charge is -2.14. The number of halogens is 3. The number of hydrogen-bond acceptors (Lipinski definition) is 5. The van der Waals surface area contributed by atoms with E-state index in [0.29, 0.717) is 18.6 Å². The highest BCUT2D eigenvalue weighted by Gasteiger charge is 2.47. The molecule has 0 aliphatic carbocycles. The smallest absolute Gasteiger partial charge is 0.477 e. The van der Waals surface area contributed by atoms with Gasteiger partial charge in [-0.25, -0.2) is 4.98 Å². The predicted octanol–water partition coefficient (Wildman–Crippen LogP) is 4.80. The number of unbranched alkanes of at least 4 members (excludes halogenated alkanes) is 1. The van der Waals surface area contributed by atoms with E-state index in [1.807, 2.05) is 37.3 Å². The Morgan fingerprint density at radius 3 is 2.67 bits per heavy atom. The molecule has 148 valence electrons. The normalized spacial score (nSPS) is 13.8. The van der Waals surface area contributed by atoms with Gasteiger partial charge in [0.15, 0.2) is 0 Å². The molecule has 2 aromatic rings. The first-order valence-corrected chi connectivity index (χ1v) is 9.78. The molecule has 0 aliphatic heterocycles. The highest BCUT2D eigenvalue weighted by atomic mass is 32.2. The first-order valence-electron chi connectivity index (χ1n) is 8.37. The lowest BCUT2D eigenvalue weighted by atomic mass is 10.0. The molecular formula is C18H20F3NO4S. The molecule has 0 fully saturated rings. The molecule has 1 atom stereocenters. The molecule has 0 saturated carbocycles. The standard InChI is InChI=1S/C18H20F3NO4S/c1-2-3-6-14(10-12-26-27(23,24)18(19,20)21)13-25-17-16-8-5-4-7-15(16)9-11-22-17/h4-5,7-12,14H,2-3,6,13H2,1H3. The second-order valence-electron chi connectivity index (χ2n) is 5.88. The molecule has 0 N–H and O–H groups in total. The third kappa shape index (κ3) is 5.85. The molecule has 1 aromatic heterocycles. The van der Waals surface area contributed by atoms with Crippen molar-refractivity contribution >= 4 is 20.9 Å². The largest absolute Gasteiger partial charge is 0.534 e. The van der Waals surface area contributed by atoms with Gasteiger partial charge in [0.2, 0.25) is 5.88 Å². The van der Waals surface area contributed by atoms with Gasteiger partial charge in [-0.05, 0) is 30.0 Å². The lowest BCUT2D eigenvalue weighted by Crippen LogP contribution is -2.23. The molecule has 2 rings (SSSR count). The Balaban J connectivity index is 2.07. The van der Waals surface area contributed by atoms with Crippen LogP contribution >= 0.6 is 0 Å². The average molecular weight is 403 g/mol. The van der Waals surface area contributed by atoms with Gasteiger partial charge in [-0.15, -0.1) is 0 Å². The summed E-state index contributed by atoms with van der Waals surface area (Å²) in [7, 11) is -5.65. The molecule has 0 radical (unpaired) electrons. The van der Waals surface area contributed by atoms with E-state index in [9.17, 15) is 21.6 Å². The number of nitrogens with zero attached hydrogens (tertiary/aromatic N) is 1. The Bertz CT molecular complexity index is 876. The topological polar surface area (TPSA) is 65.5 Å². The summed E-state index contributed by atoms with van der Waals surface area (Å²) in [6.45, 7) is 2.10. The second kappa shape index (κ2) is 9.07. The fourth-order valence-corrected chi connectivity index (χ4v) is 2.68. The van der Waals surface area contributed by atoms with Gasteiger partial charge >= 0.3 is 15.6 Å². The van der Waals surface area contributed by atoms with Crippen molar-refractivity contribution in [1.82, 2.24) is 4.98 Å². The summed E-state index contributed by atoms with van der Waals surface area (Å²) in [6.07, 6.45) is 5.71. The Kier molecular flexibility index (Phi) is 7.06. The van der Waals surface area contributed by atoms with E-state index in [1.54, 1.807) is 6.20 Å². The van der Waals surface area contributed by atoms with E-state index in [4.69, 9.17) is 4.74 Å². The van der Waals surface area contributed by atoms with Gasteiger partial charge in [-0.3, -0.25) is 0 Å². The number of alkyl halides is 3. The fraction of sp³-hybridized carbons (Fsp3) is 0.389. The number of pyridine rings is 1. The van der Waals surface area contributed by atoms with Crippen LogP contribution in [0.2, 0.25) is 0 Å². The summed E-state index contributed by atoms with van der Waals surface area (Å²) in [5, 5.41) is 1.76. The number of aromatic nitrogens is 1. The number of ether oxygens (including phenoxy) is 1. The Morgan fingerprint density at radius 2 is 1.96 bits per heavy atom. The molecule has 0 spiro atoms. The number of fused-ring (bicyclic) bond motifs is 1. The average Bonchev–Trinajstić information content (AvgIpc) is 2.62. The van der Waals surface area contributed by atoms with Crippen molar-refractivity contribution in [2.45, 2.75) is 31.7 Å². The zero-order valence-corrected chi connectivity index (χ0v) is 15.5. The quantitative estimate of drug-likeness (QED) is 0.342. The van der Waals surface area contributed by atoms with E-state index < -0.39 is 15.6 Å². The molecule has 9 heteroatoms. The predicted molar refractivity (Wildman–Crippen MR) is 95.5 cm³/mol. The molecule has 5 nitrogen and oxygen atoms in total. The summed E-state index contributed by atoms with van der Waals surface area (Å²) >= 11 is 0. The van der Waals surface area contributed by atoms with Gasteiger partial charge in [0.05, 0.1) is 6.61 Å². The summed E-state index contributed by atoms with van der Waals surface area (Å²) in [5.74, 6) is 0.0842. The van der Waals surface area contributed by atoms with Gasteiger partial charge in [-0.2, -0.15) is 21.6 Å². The van der Waals surface area contributed by atoms with E-state index in [1.165, 1.54) is 6.08 Å². The summed E-state index contributed by atoms with van der Waals surface area (Å²) < 4.78 is 68.4. The molecule has 1 aromatic carbocycles. The van der Waals surface area contributed by atoms with Crippen LogP contribution in [0.5, 0.6) is 5.88 Å². The van der Waals surface area contributed by atoms with Crippen LogP contribution in [0.1, 0.15) is 26.2 Å². The zero-order chi connectivity index (χ0) is 19.9. The molecule has 1 heterocycles. The van der Waals surface area contributed by atoms with Crippen molar-refractivity contribution in [3.8, 4) is 5.88 Å². The van der Waals surface area contributed by atoms with Crippen LogP contribution in [0, 0.1) is 5.92 Å². The Morgan fingerprint density at radius 1 is 1.22 bits per heavy atom. The van der Waals surface area contributed by atoms with E-state index in [-0.39, 0.29) is 12.5 Å². The molecular weight excluding hydrogens is 383 g/mol. The highest BCUT2D eigenvalue weighted by Crippen LogP contribution is 2.26. The van der Waals surface area contributed by atoms with E-state index >= 15 is 0 Å². The van der Waals surface area contributed by atoms with Crippen molar-refractivity contribution in [3.63, 3.8) is 0 Å². The van der Waals surface area contributed by atoms with Crippen molar-refractivity contribution in [1.29, 1.82) is 0 Å². The van der Waals surface area contributed by atoms with Crippen LogP contribution in [0.25, 0.3) is 10.8 Å². The van der Waals surface area contributed by atoms with Crippen molar-refractivity contribution in [2.75, 3.05) is 6.61 Å². The van der Waals surface area contributed by atoms with Crippen LogP contribution in [-0.2, 0) is 14.3 Å². The van der Waals surface area contributed by atoms with Gasteiger partial charge in [0, 0.05) is 17.5 Å². The summed E-state index contributed by atoms with van der Waals surface area (Å²) in [5.41, 5.74) is -5.46. The van der Waals surface area contributed by atoms with Crippen molar-refractivity contribution in [3.05, 3.63) is 48.9 Å². The Hall–Kier alpha value is -2.29. The van der Waals surface area contributed by atoms with E-state index in [0.717, 1.165) is 23.6 Å². The first kappa shape index (κ1) is 21.0. The highest BCUT2D eigenvalue weighted by molar-refractivity contribution is 7.87. The number of rotatable bonds is 9. The van der Waals surface area contributed by atoms with E-state index in [2.05, 4.69) is 9.17 Å². The minimum Gasteiger partial charge on any atom is -0.477 e. The Labute approximate surface area is 155 Å². The molecule has 0 bridgehead atoms. The maximum Gasteiger partial charge on any atom is 0.534 e. The third-order valence-electron chi connectivity index (χ3n) is 3.82. The summed E-state index contributed by atoms with van der Waals surface area (Å²) in [6, 6.07) is 9.34. The van der Waals surface area contributed by atoms with Crippen molar-refractivity contribution in [2.24, 2.45) is 5.92 Å². The van der Waals surface area contributed by atoms with Crippen LogP contribution in [0.15, 0.2) is 48.9 Å². The monoisotopic (exact) mass is 403 g/mol. The first-order chi connectivity index (χ1) is 12.7. The molecule has 0 amide bonds. The maximum atomic E-state index is 12.3. The summed E-state index contributed by atoms with van der Waals surface area (Å²) in [4.78, 5) is 4.19. The molecule has 1 unspecified atom stereocenters. The number of hydrogen-bond donors (Lipinski definition) is 0. The fourth-order valence-electron chi connectivity index (χ4n) is 2.37.